The summed E-state index contributed by atoms with van der Waals surface area (Å²) in [6.07, 6.45) is 1.99. The maximum atomic E-state index is 11.4. The first-order valence-electron chi connectivity index (χ1n) is 4.19. The van der Waals surface area contributed by atoms with Crippen molar-refractivity contribution in [3.05, 3.63) is 23.7 Å². The van der Waals surface area contributed by atoms with Gasteiger partial charge in [0.25, 0.3) is 5.91 Å². The molecule has 1 aromatic rings. The Morgan fingerprint density at radius 1 is 1.64 bits per heavy atom. The van der Waals surface area contributed by atoms with Crippen molar-refractivity contribution < 1.29 is 9.21 Å². The lowest BCUT2D eigenvalue weighted by molar-refractivity contribution is 0.0927. The van der Waals surface area contributed by atoms with Crippen LogP contribution in [0.4, 0.5) is 0 Å². The van der Waals surface area contributed by atoms with Gasteiger partial charge in [0, 0.05) is 12.3 Å². The van der Waals surface area contributed by atoms with E-state index in [1.807, 2.05) is 6.26 Å². The summed E-state index contributed by atoms with van der Waals surface area (Å²) in [5, 5.41) is 2.74. The lowest BCUT2D eigenvalue weighted by Gasteiger charge is -2.00. The van der Waals surface area contributed by atoms with Crippen molar-refractivity contribution in [3.8, 4) is 0 Å². The maximum absolute atomic E-state index is 11.4. The highest BCUT2D eigenvalue weighted by Crippen LogP contribution is 2.09. The molecule has 0 aliphatic carbocycles. The minimum absolute atomic E-state index is 0.185. The number of nitrogens with one attached hydrogen (secondary N) is 1. The summed E-state index contributed by atoms with van der Waals surface area (Å²) >= 11 is 7.23. The highest BCUT2D eigenvalue weighted by molar-refractivity contribution is 7.98. The summed E-state index contributed by atoms with van der Waals surface area (Å²) in [5.74, 6) is 1.94. The third-order valence-corrected chi connectivity index (χ3v) is 2.48. The van der Waals surface area contributed by atoms with Gasteiger partial charge in [-0.25, -0.2) is 0 Å². The highest BCUT2D eigenvalue weighted by Gasteiger charge is 2.09. The molecule has 0 bridgehead atoms. The number of hydrogen-bond acceptors (Lipinski definition) is 3. The van der Waals surface area contributed by atoms with Crippen molar-refractivity contribution in [1.29, 1.82) is 0 Å². The molecule has 1 amide bonds. The van der Waals surface area contributed by atoms with Crippen LogP contribution in [0.1, 0.15) is 16.3 Å². The molecule has 0 aromatic carbocycles. The van der Waals surface area contributed by atoms with Crippen LogP contribution in [0.3, 0.4) is 0 Å². The molecule has 0 aliphatic rings. The topological polar surface area (TPSA) is 42.2 Å². The van der Waals surface area contributed by atoms with Crippen LogP contribution in [0.25, 0.3) is 0 Å². The normalized spacial score (nSPS) is 10.1. The van der Waals surface area contributed by atoms with Gasteiger partial charge in [0.2, 0.25) is 0 Å². The van der Waals surface area contributed by atoms with E-state index in [9.17, 15) is 4.79 Å². The predicted molar refractivity (Wildman–Crippen MR) is 59.0 cm³/mol. The SMILES string of the molecule is CSCCNC(=O)c1ccc(CCl)o1. The zero-order chi connectivity index (χ0) is 10.4. The Labute approximate surface area is 92.2 Å². The molecule has 14 heavy (non-hydrogen) atoms. The maximum Gasteiger partial charge on any atom is 0.287 e. The quantitative estimate of drug-likeness (QED) is 0.626. The molecular formula is C9H12ClNO2S. The van der Waals surface area contributed by atoms with Gasteiger partial charge < -0.3 is 9.73 Å². The average Bonchev–Trinajstić information content (AvgIpc) is 2.66. The molecule has 1 rings (SSSR count). The summed E-state index contributed by atoms with van der Waals surface area (Å²) in [4.78, 5) is 11.4. The number of amides is 1. The van der Waals surface area contributed by atoms with E-state index in [4.69, 9.17) is 16.0 Å². The van der Waals surface area contributed by atoms with Crippen molar-refractivity contribution >= 4 is 29.3 Å². The summed E-state index contributed by atoms with van der Waals surface area (Å²) < 4.78 is 5.17. The summed E-state index contributed by atoms with van der Waals surface area (Å²) in [7, 11) is 0. The Morgan fingerprint density at radius 3 is 3.00 bits per heavy atom. The molecule has 0 spiro atoms. The Bertz CT molecular complexity index is 301. The Balaban J connectivity index is 2.44. The second kappa shape index (κ2) is 5.98. The molecule has 78 valence electrons. The summed E-state index contributed by atoms with van der Waals surface area (Å²) in [5.41, 5.74) is 0. The first-order valence-corrected chi connectivity index (χ1v) is 6.12. The monoisotopic (exact) mass is 233 g/mol. The standard InChI is InChI=1S/C9H12ClNO2S/c1-14-5-4-11-9(12)8-3-2-7(6-10)13-8/h2-3H,4-6H2,1H3,(H,11,12). The molecule has 0 saturated carbocycles. The van der Waals surface area contributed by atoms with Gasteiger partial charge in [0.1, 0.15) is 5.76 Å². The third kappa shape index (κ3) is 3.27. The van der Waals surface area contributed by atoms with E-state index in [0.29, 0.717) is 18.1 Å². The lowest BCUT2D eigenvalue weighted by atomic mass is 10.4. The van der Waals surface area contributed by atoms with Crippen molar-refractivity contribution in [2.75, 3.05) is 18.6 Å². The predicted octanol–water partition coefficient (Wildman–Crippen LogP) is 2.11. The van der Waals surface area contributed by atoms with E-state index < -0.39 is 0 Å². The second-order valence-electron chi connectivity index (χ2n) is 2.65. The fourth-order valence-corrected chi connectivity index (χ4v) is 1.38. The van der Waals surface area contributed by atoms with E-state index in [0.717, 1.165) is 5.75 Å². The molecule has 3 nitrogen and oxygen atoms in total. The molecular weight excluding hydrogens is 222 g/mol. The third-order valence-electron chi connectivity index (χ3n) is 1.61. The number of furan rings is 1. The van der Waals surface area contributed by atoms with Crippen LogP contribution in [-0.4, -0.2) is 24.5 Å². The fourth-order valence-electron chi connectivity index (χ4n) is 0.926. The Morgan fingerprint density at radius 2 is 2.43 bits per heavy atom. The number of carbonyl (C=O) groups is 1. The molecule has 0 atom stereocenters. The van der Waals surface area contributed by atoms with Gasteiger partial charge in [-0.3, -0.25) is 4.79 Å². The minimum atomic E-state index is -0.185. The largest absolute Gasteiger partial charge is 0.455 e. The molecule has 1 N–H and O–H groups in total. The number of thioether (sulfide) groups is 1. The van der Waals surface area contributed by atoms with Crippen molar-refractivity contribution in [2.45, 2.75) is 5.88 Å². The Hall–Kier alpha value is -0.610. The van der Waals surface area contributed by atoms with Crippen molar-refractivity contribution in [2.24, 2.45) is 0 Å². The molecule has 1 heterocycles. The highest BCUT2D eigenvalue weighted by atomic mass is 35.5. The number of hydrogen-bond donors (Lipinski definition) is 1. The van der Waals surface area contributed by atoms with Crippen LogP contribution >= 0.6 is 23.4 Å². The zero-order valence-corrected chi connectivity index (χ0v) is 9.45. The zero-order valence-electron chi connectivity index (χ0n) is 7.88. The van der Waals surface area contributed by atoms with Gasteiger partial charge in [-0.05, 0) is 18.4 Å². The van der Waals surface area contributed by atoms with Crippen LogP contribution in [0.15, 0.2) is 16.5 Å². The summed E-state index contributed by atoms with van der Waals surface area (Å²) in [6, 6.07) is 3.34. The smallest absolute Gasteiger partial charge is 0.287 e. The van der Waals surface area contributed by atoms with Crippen LogP contribution < -0.4 is 5.32 Å². The van der Waals surface area contributed by atoms with E-state index in [1.54, 1.807) is 23.9 Å². The van der Waals surface area contributed by atoms with Crippen LogP contribution in [0, 0.1) is 0 Å². The molecule has 0 saturated heterocycles. The molecule has 0 radical (unpaired) electrons. The van der Waals surface area contributed by atoms with Crippen molar-refractivity contribution in [1.82, 2.24) is 5.32 Å². The van der Waals surface area contributed by atoms with E-state index in [1.165, 1.54) is 0 Å². The van der Waals surface area contributed by atoms with E-state index in [-0.39, 0.29) is 11.8 Å². The van der Waals surface area contributed by atoms with Crippen molar-refractivity contribution in [3.63, 3.8) is 0 Å². The van der Waals surface area contributed by atoms with Gasteiger partial charge >= 0.3 is 0 Å². The number of rotatable bonds is 5. The van der Waals surface area contributed by atoms with Gasteiger partial charge in [0.05, 0.1) is 5.88 Å². The number of halogens is 1. The van der Waals surface area contributed by atoms with E-state index in [2.05, 4.69) is 5.32 Å². The second-order valence-corrected chi connectivity index (χ2v) is 3.90. The van der Waals surface area contributed by atoms with Gasteiger partial charge in [-0.1, -0.05) is 0 Å². The molecule has 1 aromatic heterocycles. The van der Waals surface area contributed by atoms with Crippen LogP contribution in [-0.2, 0) is 5.88 Å². The average molecular weight is 234 g/mol. The summed E-state index contributed by atoms with van der Waals surface area (Å²) in [6.45, 7) is 0.650. The molecule has 0 aliphatic heterocycles. The van der Waals surface area contributed by atoms with Gasteiger partial charge in [0.15, 0.2) is 5.76 Å². The Kier molecular flexibility index (Phi) is 4.90. The van der Waals surface area contributed by atoms with Gasteiger partial charge in [-0.15, -0.1) is 11.6 Å². The molecule has 5 heteroatoms. The number of alkyl halides is 1. The van der Waals surface area contributed by atoms with Gasteiger partial charge in [-0.2, -0.15) is 11.8 Å². The van der Waals surface area contributed by atoms with Crippen LogP contribution in [0.2, 0.25) is 0 Å². The lowest BCUT2D eigenvalue weighted by Crippen LogP contribution is -2.25. The molecule has 0 unspecified atom stereocenters. The molecule has 0 fully saturated rings. The minimum Gasteiger partial charge on any atom is -0.455 e. The van der Waals surface area contributed by atoms with E-state index >= 15 is 0 Å². The number of carbonyl (C=O) groups excluding carboxylic acids is 1. The van der Waals surface area contributed by atoms with Crippen LogP contribution in [0.5, 0.6) is 0 Å². The fraction of sp³-hybridized carbons (Fsp3) is 0.444. The first-order chi connectivity index (χ1) is 6.77. The first kappa shape index (κ1) is 11.5.